The molecule has 0 bridgehead atoms. The highest BCUT2D eigenvalue weighted by molar-refractivity contribution is 7.22. The number of fused-ring (bicyclic) bond motifs is 2. The van der Waals surface area contributed by atoms with Gasteiger partial charge in [0.05, 0.1) is 39.1 Å². The van der Waals surface area contributed by atoms with Gasteiger partial charge in [-0.05, 0) is 93.8 Å². The van der Waals surface area contributed by atoms with Crippen molar-refractivity contribution in [2.45, 2.75) is 46.6 Å². The van der Waals surface area contributed by atoms with Crippen molar-refractivity contribution in [3.05, 3.63) is 102 Å². The first-order valence-corrected chi connectivity index (χ1v) is 15.5. The van der Waals surface area contributed by atoms with Crippen LogP contribution in [0.25, 0.3) is 54.1 Å². The van der Waals surface area contributed by atoms with Gasteiger partial charge in [0, 0.05) is 40.3 Å². The average molecular weight is 641 g/mol. The molecule has 0 amide bonds. The van der Waals surface area contributed by atoms with Crippen LogP contribution < -0.4 is 0 Å². The van der Waals surface area contributed by atoms with E-state index in [1.54, 1.807) is 38.3 Å². The molecule has 0 saturated carbocycles. The lowest BCUT2D eigenvalue weighted by atomic mass is 9.93. The molecule has 0 atom stereocenters. The lowest BCUT2D eigenvalue weighted by molar-refractivity contribution is -0.136. The number of aromatic nitrogens is 4. The molecule has 0 spiro atoms. The van der Waals surface area contributed by atoms with E-state index in [0.717, 1.165) is 70.9 Å². The lowest BCUT2D eigenvalue weighted by Crippen LogP contribution is -2.10. The summed E-state index contributed by atoms with van der Waals surface area (Å²) >= 11 is 7.71. The van der Waals surface area contributed by atoms with Crippen LogP contribution in [0.4, 0.5) is 0 Å². The molecule has 3 aromatic heterocycles. The van der Waals surface area contributed by atoms with Gasteiger partial charge < -0.3 is 10.2 Å². The predicted octanol–water partition coefficient (Wildman–Crippen LogP) is 9.06. The largest absolute Gasteiger partial charge is 0.481 e. The number of carboxylic acid groups (broad SMARTS) is 1. The van der Waals surface area contributed by atoms with Gasteiger partial charge in [-0.1, -0.05) is 29.8 Å². The number of aliphatic hydroxyl groups is 1. The zero-order chi connectivity index (χ0) is 33.1. The van der Waals surface area contributed by atoms with Crippen LogP contribution in [0.2, 0.25) is 5.02 Å². The van der Waals surface area contributed by atoms with Gasteiger partial charge in [0.15, 0.2) is 0 Å². The van der Waals surface area contributed by atoms with Gasteiger partial charge in [0.2, 0.25) is 0 Å². The van der Waals surface area contributed by atoms with E-state index in [1.807, 2.05) is 62.0 Å². The Labute approximate surface area is 272 Å². The normalized spacial score (nSPS) is 11.1. The van der Waals surface area contributed by atoms with Crippen molar-refractivity contribution in [3.8, 4) is 33.0 Å². The summed E-state index contributed by atoms with van der Waals surface area (Å²) in [6, 6.07) is 19.8. The Bertz CT molecular complexity index is 1980. The lowest BCUT2D eigenvalue weighted by Gasteiger charge is -2.13. The molecule has 7 nitrogen and oxygen atoms in total. The van der Waals surface area contributed by atoms with Crippen molar-refractivity contribution in [2.24, 2.45) is 7.05 Å². The van der Waals surface area contributed by atoms with E-state index in [-0.39, 0.29) is 6.42 Å². The van der Waals surface area contributed by atoms with Crippen molar-refractivity contribution in [2.75, 3.05) is 0 Å². The number of hydrogen-bond donors (Lipinski definition) is 2. The second kappa shape index (κ2) is 13.7. The SMILES string of the molecule is C=C.CC(C)(C)O.Cc1cc2nc(-c3ccnc(-c4ccc5c(c4)c(C)nn5C)c3)sc2c(-c2ccc(Cl)cc2)c1CC(=O)O. The number of aliphatic carboxylic acids is 1. The van der Waals surface area contributed by atoms with Gasteiger partial charge in [-0.15, -0.1) is 24.5 Å². The van der Waals surface area contributed by atoms with Gasteiger partial charge in [0.1, 0.15) is 5.01 Å². The summed E-state index contributed by atoms with van der Waals surface area (Å²) in [6.07, 6.45) is 1.74. The van der Waals surface area contributed by atoms with Gasteiger partial charge in [0.25, 0.3) is 0 Å². The molecule has 232 valence electrons. The van der Waals surface area contributed by atoms with Crippen molar-refractivity contribution >= 4 is 50.0 Å². The fourth-order valence-electron chi connectivity index (χ4n) is 4.98. The fraction of sp³-hybridized carbons (Fsp3) is 0.222. The number of nitrogens with zero attached hydrogens (tertiary/aromatic N) is 4. The van der Waals surface area contributed by atoms with E-state index >= 15 is 0 Å². The van der Waals surface area contributed by atoms with Crippen molar-refractivity contribution in [3.63, 3.8) is 0 Å². The van der Waals surface area contributed by atoms with E-state index in [9.17, 15) is 9.90 Å². The molecule has 6 rings (SSSR count). The summed E-state index contributed by atoms with van der Waals surface area (Å²) in [5.74, 6) is -0.869. The van der Waals surface area contributed by atoms with Crippen LogP contribution in [0.15, 0.2) is 80.0 Å². The van der Waals surface area contributed by atoms with E-state index < -0.39 is 11.6 Å². The number of thiazole rings is 1. The summed E-state index contributed by atoms with van der Waals surface area (Å²) in [5.41, 5.74) is 8.73. The summed E-state index contributed by atoms with van der Waals surface area (Å²) in [5, 5.41) is 25.3. The molecular formula is C36H37ClN4O3S. The van der Waals surface area contributed by atoms with Gasteiger partial charge >= 0.3 is 5.97 Å². The number of benzene rings is 3. The highest BCUT2D eigenvalue weighted by atomic mass is 35.5. The van der Waals surface area contributed by atoms with Crippen LogP contribution in [-0.4, -0.2) is 41.5 Å². The zero-order valence-corrected chi connectivity index (χ0v) is 27.9. The van der Waals surface area contributed by atoms with E-state index in [0.29, 0.717) is 5.02 Å². The average Bonchev–Trinajstić information content (AvgIpc) is 3.53. The van der Waals surface area contributed by atoms with Gasteiger partial charge in [-0.3, -0.25) is 14.5 Å². The molecule has 0 aliphatic rings. The smallest absolute Gasteiger partial charge is 0.307 e. The molecule has 0 aliphatic heterocycles. The molecule has 0 radical (unpaired) electrons. The quantitative estimate of drug-likeness (QED) is 0.182. The highest BCUT2D eigenvalue weighted by Gasteiger charge is 2.20. The number of hydrogen-bond acceptors (Lipinski definition) is 6. The summed E-state index contributed by atoms with van der Waals surface area (Å²) in [7, 11) is 1.95. The van der Waals surface area contributed by atoms with Crippen LogP contribution in [0.3, 0.4) is 0 Å². The molecule has 3 aromatic carbocycles. The number of halogens is 1. The van der Waals surface area contributed by atoms with Gasteiger partial charge in [-0.25, -0.2) is 4.98 Å². The highest BCUT2D eigenvalue weighted by Crippen LogP contribution is 2.41. The fourth-order valence-corrected chi connectivity index (χ4v) is 6.24. The summed E-state index contributed by atoms with van der Waals surface area (Å²) < 4.78 is 2.84. The Kier molecular flexibility index (Phi) is 10.2. The monoisotopic (exact) mass is 640 g/mol. The predicted molar refractivity (Wildman–Crippen MR) is 187 cm³/mol. The third-order valence-corrected chi connectivity index (χ3v) is 8.20. The number of aryl methyl sites for hydroxylation is 3. The minimum atomic E-state index is -0.869. The van der Waals surface area contributed by atoms with Crippen molar-refractivity contribution in [1.29, 1.82) is 0 Å². The molecule has 9 heteroatoms. The standard InChI is InChI=1S/C30H23ClN4O2S.C4H10O.C2H4/c1-16-12-25-29(28(22(16)15-27(36)37)18-4-7-21(31)8-5-18)38-30(33-25)20-10-11-32-24(14-20)19-6-9-26-23(13-19)17(2)34-35(26)3;1-4(2,3)5;1-2/h4-14H,15H2,1-3H3,(H,36,37);5H,1-3H3;1-2H2. The first kappa shape index (κ1) is 33.5. The Morgan fingerprint density at radius 3 is 2.27 bits per heavy atom. The molecular weight excluding hydrogens is 604 g/mol. The molecule has 2 N–H and O–H groups in total. The van der Waals surface area contributed by atoms with Gasteiger partial charge in [-0.2, -0.15) is 5.10 Å². The molecule has 0 saturated heterocycles. The summed E-state index contributed by atoms with van der Waals surface area (Å²) in [4.78, 5) is 21.4. The first-order chi connectivity index (χ1) is 21.3. The Balaban J connectivity index is 0.000000602. The zero-order valence-electron chi connectivity index (χ0n) is 26.3. The van der Waals surface area contributed by atoms with Crippen LogP contribution in [0, 0.1) is 13.8 Å². The van der Waals surface area contributed by atoms with E-state index in [4.69, 9.17) is 21.7 Å². The van der Waals surface area contributed by atoms with E-state index in [1.165, 1.54) is 0 Å². The topological polar surface area (TPSA) is 101 Å². The van der Waals surface area contributed by atoms with Crippen molar-refractivity contribution < 1.29 is 15.0 Å². The minimum absolute atomic E-state index is 0.0669. The minimum Gasteiger partial charge on any atom is -0.481 e. The maximum absolute atomic E-state index is 11.8. The summed E-state index contributed by atoms with van der Waals surface area (Å²) in [6.45, 7) is 15.2. The second-order valence-corrected chi connectivity index (χ2v) is 13.0. The number of rotatable bonds is 5. The Hall–Kier alpha value is -4.37. The maximum Gasteiger partial charge on any atom is 0.307 e. The third kappa shape index (κ3) is 7.84. The number of carbonyl (C=O) groups is 1. The van der Waals surface area contributed by atoms with Crippen LogP contribution in [-0.2, 0) is 18.3 Å². The van der Waals surface area contributed by atoms with Crippen LogP contribution in [0.5, 0.6) is 0 Å². The van der Waals surface area contributed by atoms with Crippen molar-refractivity contribution in [1.82, 2.24) is 19.7 Å². The van der Waals surface area contributed by atoms with Crippen LogP contribution >= 0.6 is 22.9 Å². The molecule has 45 heavy (non-hydrogen) atoms. The maximum atomic E-state index is 11.8. The first-order valence-electron chi connectivity index (χ1n) is 14.3. The van der Waals surface area contributed by atoms with Crippen LogP contribution in [0.1, 0.15) is 37.6 Å². The molecule has 0 unspecified atom stereocenters. The molecule has 6 aromatic rings. The third-order valence-electron chi connectivity index (χ3n) is 6.81. The molecule has 0 fully saturated rings. The molecule has 3 heterocycles. The Morgan fingerprint density at radius 2 is 1.62 bits per heavy atom. The Morgan fingerprint density at radius 1 is 0.978 bits per heavy atom. The molecule has 0 aliphatic carbocycles. The number of carboxylic acids is 1. The second-order valence-electron chi connectivity index (χ2n) is 11.5. The van der Waals surface area contributed by atoms with E-state index in [2.05, 4.69) is 47.5 Å². The number of pyridine rings is 1.